The predicted molar refractivity (Wildman–Crippen MR) is 72.0 cm³/mol. The van der Waals surface area contributed by atoms with Gasteiger partial charge in [-0.15, -0.1) is 0 Å². The summed E-state index contributed by atoms with van der Waals surface area (Å²) in [5.41, 5.74) is -4.25. The highest BCUT2D eigenvalue weighted by molar-refractivity contribution is 5.87. The maximum Gasteiger partial charge on any atom is 0.433 e. The zero-order chi connectivity index (χ0) is 18.3. The molecule has 3 nitrogen and oxygen atoms in total. The van der Waals surface area contributed by atoms with E-state index in [2.05, 4.69) is 4.98 Å². The molecule has 1 aromatic heterocycles. The van der Waals surface area contributed by atoms with Gasteiger partial charge in [0.1, 0.15) is 11.5 Å². The molecule has 1 N–H and O–H groups in total. The van der Waals surface area contributed by atoms with Gasteiger partial charge in [-0.25, -0.2) is 4.98 Å². The van der Waals surface area contributed by atoms with Crippen molar-refractivity contribution in [3.05, 3.63) is 41.1 Å². The van der Waals surface area contributed by atoms with Crippen LogP contribution in [0.25, 0.3) is 10.9 Å². The number of para-hydroxylation sites is 1. The van der Waals surface area contributed by atoms with Crippen LogP contribution in [0.5, 0.6) is 0 Å². The van der Waals surface area contributed by atoms with Crippen molar-refractivity contribution in [3.8, 4) is 0 Å². The normalized spacial score (nSPS) is 14.0. The fraction of sp³-hybridized carbons (Fsp3) is 0.333. The number of alkyl halides is 6. The molecule has 2 rings (SSSR count). The minimum atomic E-state index is -5.00. The average Bonchev–Trinajstić information content (AvgIpc) is 2.42. The first kappa shape index (κ1) is 18.2. The van der Waals surface area contributed by atoms with E-state index in [-0.39, 0.29) is 5.39 Å². The molecule has 130 valence electrons. The SMILES string of the molecule is CC(=O)CC(O)c1cc(C(F)(F)F)nc2c(C(F)(F)F)cccc12. The quantitative estimate of drug-likeness (QED) is 0.840. The number of benzene rings is 1. The monoisotopic (exact) mass is 351 g/mol. The van der Waals surface area contributed by atoms with Gasteiger partial charge in [0, 0.05) is 11.8 Å². The van der Waals surface area contributed by atoms with Crippen molar-refractivity contribution in [2.75, 3.05) is 0 Å². The summed E-state index contributed by atoms with van der Waals surface area (Å²) < 4.78 is 78.0. The molecule has 9 heteroatoms. The van der Waals surface area contributed by atoms with Gasteiger partial charge >= 0.3 is 12.4 Å². The lowest BCUT2D eigenvalue weighted by Crippen LogP contribution is -2.14. The van der Waals surface area contributed by atoms with Crippen LogP contribution in [0.3, 0.4) is 0 Å². The summed E-state index contributed by atoms with van der Waals surface area (Å²) in [5, 5.41) is 9.69. The van der Waals surface area contributed by atoms with E-state index in [1.165, 1.54) is 0 Å². The molecule has 0 aliphatic rings. The Morgan fingerprint density at radius 1 is 1.17 bits per heavy atom. The molecule has 0 amide bonds. The van der Waals surface area contributed by atoms with Crippen molar-refractivity contribution < 1.29 is 36.2 Å². The highest BCUT2D eigenvalue weighted by Gasteiger charge is 2.38. The van der Waals surface area contributed by atoms with Gasteiger partial charge in [-0.05, 0) is 24.6 Å². The summed E-state index contributed by atoms with van der Waals surface area (Å²) in [6, 6.07) is 3.20. The lowest BCUT2D eigenvalue weighted by atomic mass is 9.97. The molecule has 0 saturated carbocycles. The topological polar surface area (TPSA) is 50.2 Å². The van der Waals surface area contributed by atoms with Crippen LogP contribution in [0.15, 0.2) is 24.3 Å². The van der Waals surface area contributed by atoms with Crippen molar-refractivity contribution >= 4 is 16.7 Å². The number of nitrogens with zero attached hydrogens (tertiary/aromatic N) is 1. The van der Waals surface area contributed by atoms with Crippen LogP contribution in [-0.2, 0) is 17.1 Å². The Bertz CT molecular complexity index is 782. The van der Waals surface area contributed by atoms with E-state index in [4.69, 9.17) is 0 Å². The Balaban J connectivity index is 2.83. The van der Waals surface area contributed by atoms with Gasteiger partial charge in [-0.2, -0.15) is 26.3 Å². The van der Waals surface area contributed by atoms with Crippen molar-refractivity contribution in [2.24, 2.45) is 0 Å². The van der Waals surface area contributed by atoms with Gasteiger partial charge in [0.05, 0.1) is 17.2 Å². The molecular formula is C15H11F6NO2. The van der Waals surface area contributed by atoms with Crippen molar-refractivity contribution in [1.29, 1.82) is 0 Å². The Kier molecular flexibility index (Phi) is 4.58. The Morgan fingerprint density at radius 2 is 1.79 bits per heavy atom. The first-order chi connectivity index (χ1) is 10.9. The summed E-state index contributed by atoms with van der Waals surface area (Å²) in [7, 11) is 0. The van der Waals surface area contributed by atoms with Gasteiger partial charge in [0.15, 0.2) is 0 Å². The van der Waals surface area contributed by atoms with Crippen molar-refractivity contribution in [1.82, 2.24) is 4.98 Å². The molecular weight excluding hydrogens is 340 g/mol. The third-order valence-corrected chi connectivity index (χ3v) is 3.31. The number of hydrogen-bond donors (Lipinski definition) is 1. The van der Waals surface area contributed by atoms with E-state index < -0.39 is 53.0 Å². The fourth-order valence-electron chi connectivity index (χ4n) is 2.31. The number of pyridine rings is 1. The first-order valence-corrected chi connectivity index (χ1v) is 6.67. The van der Waals surface area contributed by atoms with Gasteiger partial charge < -0.3 is 5.11 Å². The second kappa shape index (κ2) is 6.04. The van der Waals surface area contributed by atoms with Crippen LogP contribution in [0.2, 0.25) is 0 Å². The number of halogens is 6. The second-order valence-electron chi connectivity index (χ2n) is 5.22. The van der Waals surface area contributed by atoms with Crippen LogP contribution in [0.1, 0.15) is 36.3 Å². The minimum absolute atomic E-state index is 0.286. The molecule has 0 spiro atoms. The summed E-state index contributed by atoms with van der Waals surface area (Å²) >= 11 is 0. The highest BCUT2D eigenvalue weighted by Crippen LogP contribution is 2.39. The van der Waals surface area contributed by atoms with E-state index in [9.17, 15) is 36.2 Å². The zero-order valence-electron chi connectivity index (χ0n) is 12.2. The lowest BCUT2D eigenvalue weighted by Gasteiger charge is -2.18. The minimum Gasteiger partial charge on any atom is -0.388 e. The average molecular weight is 351 g/mol. The number of aromatic nitrogens is 1. The molecule has 0 fully saturated rings. The number of Topliss-reactive ketones (excluding diaryl/α,β-unsaturated/α-hetero) is 1. The van der Waals surface area contributed by atoms with Crippen LogP contribution in [0, 0.1) is 0 Å². The Morgan fingerprint density at radius 3 is 2.29 bits per heavy atom. The van der Waals surface area contributed by atoms with Crippen LogP contribution in [-0.4, -0.2) is 15.9 Å². The molecule has 1 atom stereocenters. The number of rotatable bonds is 3. The largest absolute Gasteiger partial charge is 0.433 e. The van der Waals surface area contributed by atoms with Crippen LogP contribution in [0.4, 0.5) is 26.3 Å². The third-order valence-electron chi connectivity index (χ3n) is 3.31. The maximum atomic E-state index is 13.1. The number of ketones is 1. The molecule has 0 aliphatic heterocycles. The molecule has 1 unspecified atom stereocenters. The smallest absolute Gasteiger partial charge is 0.388 e. The molecule has 0 saturated heterocycles. The van der Waals surface area contributed by atoms with E-state index in [0.717, 1.165) is 19.1 Å². The van der Waals surface area contributed by atoms with Crippen LogP contribution < -0.4 is 0 Å². The van der Waals surface area contributed by atoms with E-state index >= 15 is 0 Å². The van der Waals surface area contributed by atoms with E-state index in [1.54, 1.807) is 0 Å². The van der Waals surface area contributed by atoms with Gasteiger partial charge in [-0.1, -0.05) is 12.1 Å². The summed E-state index contributed by atoms with van der Waals surface area (Å²) in [6.45, 7) is 1.11. The molecule has 0 radical (unpaired) electrons. The van der Waals surface area contributed by atoms with Gasteiger partial charge in [0.2, 0.25) is 0 Å². The standard InChI is InChI=1S/C15H11F6NO2/c1-7(23)5-11(24)9-6-12(15(19,20)21)22-13-8(9)3-2-4-10(13)14(16,17)18/h2-4,6,11,24H,5H2,1H3. The van der Waals surface area contributed by atoms with E-state index in [1.807, 2.05) is 0 Å². The second-order valence-corrected chi connectivity index (χ2v) is 5.22. The molecule has 2 aromatic rings. The zero-order valence-corrected chi connectivity index (χ0v) is 12.2. The number of hydrogen-bond acceptors (Lipinski definition) is 3. The lowest BCUT2D eigenvalue weighted by molar-refractivity contribution is -0.142. The fourth-order valence-corrected chi connectivity index (χ4v) is 2.31. The predicted octanol–water partition coefficient (Wildman–Crippen LogP) is 4.28. The molecule has 1 heterocycles. The molecule has 0 aliphatic carbocycles. The summed E-state index contributed by atoms with van der Waals surface area (Å²) in [4.78, 5) is 14.2. The van der Waals surface area contributed by atoms with Crippen LogP contribution >= 0.6 is 0 Å². The maximum absolute atomic E-state index is 13.1. The molecule has 24 heavy (non-hydrogen) atoms. The Hall–Kier alpha value is -2.16. The number of carbonyl (C=O) groups is 1. The summed E-state index contributed by atoms with van der Waals surface area (Å²) in [5.74, 6) is -0.520. The first-order valence-electron chi connectivity index (χ1n) is 6.67. The number of aliphatic hydroxyl groups excluding tert-OH is 1. The number of fused-ring (bicyclic) bond motifs is 1. The van der Waals surface area contributed by atoms with Crippen molar-refractivity contribution in [2.45, 2.75) is 31.8 Å². The van der Waals surface area contributed by atoms with E-state index in [0.29, 0.717) is 12.1 Å². The summed E-state index contributed by atoms with van der Waals surface area (Å²) in [6.07, 6.45) is -12.1. The number of carbonyl (C=O) groups excluding carboxylic acids is 1. The molecule has 1 aromatic carbocycles. The van der Waals surface area contributed by atoms with Gasteiger partial charge in [0.25, 0.3) is 0 Å². The van der Waals surface area contributed by atoms with Gasteiger partial charge in [-0.3, -0.25) is 4.79 Å². The molecule has 0 bridgehead atoms. The van der Waals surface area contributed by atoms with Crippen molar-refractivity contribution in [3.63, 3.8) is 0 Å². The number of aliphatic hydroxyl groups is 1. The third kappa shape index (κ3) is 3.66. The Labute approximate surface area is 131 Å². The highest BCUT2D eigenvalue weighted by atomic mass is 19.4.